The number of carbonyl (C=O) groups excluding carboxylic acids is 1. The van der Waals surface area contributed by atoms with Crippen LogP contribution in [0.3, 0.4) is 0 Å². The first-order valence-corrected chi connectivity index (χ1v) is 8.56. The fourth-order valence-corrected chi connectivity index (χ4v) is 2.77. The standard InChI is InChI=1S/C14H12Cl2N2O4S/c15-9-4-10(16)6-12(5-9)22-8-14(19)18-11-2-1-3-13(7-11)23(17,20)21/h1-7H,8H2,(H,18,19)(H2,17,20,21). The van der Waals surface area contributed by atoms with Gasteiger partial charge in [-0.15, -0.1) is 0 Å². The number of anilines is 1. The molecule has 0 unspecified atom stereocenters. The molecule has 0 aliphatic carbocycles. The van der Waals surface area contributed by atoms with E-state index in [1.165, 1.54) is 42.5 Å². The number of amides is 1. The average molecular weight is 375 g/mol. The van der Waals surface area contributed by atoms with Crippen LogP contribution in [0.2, 0.25) is 10.0 Å². The van der Waals surface area contributed by atoms with E-state index in [-0.39, 0.29) is 17.2 Å². The fourth-order valence-electron chi connectivity index (χ4n) is 1.71. The Morgan fingerprint density at radius 1 is 1.13 bits per heavy atom. The van der Waals surface area contributed by atoms with Crippen LogP contribution in [-0.2, 0) is 14.8 Å². The van der Waals surface area contributed by atoms with E-state index in [9.17, 15) is 13.2 Å². The molecule has 0 bridgehead atoms. The third-order valence-electron chi connectivity index (χ3n) is 2.65. The van der Waals surface area contributed by atoms with Gasteiger partial charge in [-0.05, 0) is 36.4 Å². The van der Waals surface area contributed by atoms with Gasteiger partial charge >= 0.3 is 0 Å². The molecule has 0 radical (unpaired) electrons. The summed E-state index contributed by atoms with van der Waals surface area (Å²) in [5.74, 6) is -0.136. The number of hydrogen-bond donors (Lipinski definition) is 2. The fraction of sp³-hybridized carbons (Fsp3) is 0.0714. The second kappa shape index (κ2) is 7.18. The number of sulfonamides is 1. The summed E-state index contributed by atoms with van der Waals surface area (Å²) in [6.45, 7) is -0.295. The molecular weight excluding hydrogens is 363 g/mol. The molecule has 0 fully saturated rings. The summed E-state index contributed by atoms with van der Waals surface area (Å²) in [7, 11) is -3.84. The minimum absolute atomic E-state index is 0.0992. The summed E-state index contributed by atoms with van der Waals surface area (Å²) >= 11 is 11.6. The molecule has 0 aliphatic rings. The molecule has 2 aromatic carbocycles. The van der Waals surface area contributed by atoms with Crippen LogP contribution < -0.4 is 15.2 Å². The van der Waals surface area contributed by atoms with Gasteiger partial charge < -0.3 is 10.1 Å². The number of ether oxygens (including phenoxy) is 1. The molecule has 0 saturated carbocycles. The van der Waals surface area contributed by atoms with E-state index in [0.29, 0.717) is 15.8 Å². The van der Waals surface area contributed by atoms with Crippen LogP contribution in [-0.4, -0.2) is 20.9 Å². The number of rotatable bonds is 5. The lowest BCUT2D eigenvalue weighted by molar-refractivity contribution is -0.118. The van der Waals surface area contributed by atoms with Crippen molar-refractivity contribution in [2.24, 2.45) is 5.14 Å². The second-order valence-corrected chi connectivity index (χ2v) is 6.95. The lowest BCUT2D eigenvalue weighted by Crippen LogP contribution is -2.20. The van der Waals surface area contributed by atoms with Gasteiger partial charge in [-0.3, -0.25) is 4.79 Å². The number of nitrogens with one attached hydrogen (secondary N) is 1. The van der Waals surface area contributed by atoms with Gasteiger partial charge in [0.05, 0.1) is 4.90 Å². The van der Waals surface area contributed by atoms with Gasteiger partial charge in [0, 0.05) is 15.7 Å². The van der Waals surface area contributed by atoms with E-state index < -0.39 is 15.9 Å². The van der Waals surface area contributed by atoms with Crippen LogP contribution in [0.1, 0.15) is 0 Å². The summed E-state index contributed by atoms with van der Waals surface area (Å²) < 4.78 is 27.8. The first-order chi connectivity index (χ1) is 10.7. The zero-order valence-corrected chi connectivity index (χ0v) is 14.0. The minimum atomic E-state index is -3.84. The maximum absolute atomic E-state index is 11.8. The second-order valence-electron chi connectivity index (χ2n) is 4.51. The zero-order valence-electron chi connectivity index (χ0n) is 11.6. The zero-order chi connectivity index (χ0) is 17.0. The Morgan fingerprint density at radius 2 is 1.78 bits per heavy atom. The molecule has 0 heterocycles. The average Bonchev–Trinajstić information content (AvgIpc) is 2.43. The molecule has 9 heteroatoms. The van der Waals surface area contributed by atoms with Gasteiger partial charge in [-0.1, -0.05) is 29.3 Å². The number of nitrogens with two attached hydrogens (primary N) is 1. The number of hydrogen-bond acceptors (Lipinski definition) is 4. The van der Waals surface area contributed by atoms with E-state index >= 15 is 0 Å². The first-order valence-electron chi connectivity index (χ1n) is 6.26. The van der Waals surface area contributed by atoms with E-state index in [4.69, 9.17) is 33.1 Å². The predicted molar refractivity (Wildman–Crippen MR) is 88.4 cm³/mol. The van der Waals surface area contributed by atoms with Gasteiger partial charge in [0.15, 0.2) is 6.61 Å². The maximum Gasteiger partial charge on any atom is 0.262 e. The van der Waals surface area contributed by atoms with Crippen molar-refractivity contribution < 1.29 is 17.9 Å². The van der Waals surface area contributed by atoms with Crippen LogP contribution >= 0.6 is 23.2 Å². The normalized spacial score (nSPS) is 11.1. The lowest BCUT2D eigenvalue weighted by Gasteiger charge is -2.09. The van der Waals surface area contributed by atoms with Crippen molar-refractivity contribution in [1.82, 2.24) is 0 Å². The third-order valence-corrected chi connectivity index (χ3v) is 4.00. The Hall–Kier alpha value is -1.80. The Morgan fingerprint density at radius 3 is 2.39 bits per heavy atom. The molecule has 23 heavy (non-hydrogen) atoms. The van der Waals surface area contributed by atoms with E-state index in [2.05, 4.69) is 5.32 Å². The predicted octanol–water partition coefficient (Wildman–Crippen LogP) is 2.66. The highest BCUT2D eigenvalue weighted by atomic mass is 35.5. The molecule has 0 spiro atoms. The van der Waals surface area contributed by atoms with Crippen LogP contribution in [0.5, 0.6) is 5.75 Å². The SMILES string of the molecule is NS(=O)(=O)c1cccc(NC(=O)COc2cc(Cl)cc(Cl)c2)c1. The largest absolute Gasteiger partial charge is 0.484 e. The lowest BCUT2D eigenvalue weighted by atomic mass is 10.3. The smallest absolute Gasteiger partial charge is 0.262 e. The Kier molecular flexibility index (Phi) is 5.48. The van der Waals surface area contributed by atoms with Gasteiger partial charge in [-0.2, -0.15) is 0 Å². The minimum Gasteiger partial charge on any atom is -0.484 e. The third kappa shape index (κ3) is 5.40. The van der Waals surface area contributed by atoms with Gasteiger partial charge in [0.2, 0.25) is 10.0 Å². The summed E-state index contributed by atoms with van der Waals surface area (Å²) in [5.41, 5.74) is 0.286. The Bertz CT molecular complexity index is 820. The molecule has 0 saturated heterocycles. The van der Waals surface area contributed by atoms with E-state index in [1.54, 1.807) is 0 Å². The molecule has 0 aromatic heterocycles. The van der Waals surface area contributed by atoms with Crippen LogP contribution in [0.25, 0.3) is 0 Å². The molecular formula is C14H12Cl2N2O4S. The van der Waals surface area contributed by atoms with Crippen molar-refractivity contribution in [2.45, 2.75) is 4.90 Å². The van der Waals surface area contributed by atoms with Crippen molar-refractivity contribution in [2.75, 3.05) is 11.9 Å². The van der Waals surface area contributed by atoms with Crippen molar-refractivity contribution in [3.63, 3.8) is 0 Å². The van der Waals surface area contributed by atoms with Gasteiger partial charge in [0.1, 0.15) is 5.75 Å². The van der Waals surface area contributed by atoms with Crippen LogP contribution in [0, 0.1) is 0 Å². The van der Waals surface area contributed by atoms with Gasteiger partial charge in [-0.25, -0.2) is 13.6 Å². The number of carbonyl (C=O) groups is 1. The summed E-state index contributed by atoms with van der Waals surface area (Å²) in [4.78, 5) is 11.7. The molecule has 0 aliphatic heterocycles. The van der Waals surface area contributed by atoms with Gasteiger partial charge in [0.25, 0.3) is 5.91 Å². The highest BCUT2D eigenvalue weighted by molar-refractivity contribution is 7.89. The van der Waals surface area contributed by atoms with Crippen molar-refractivity contribution in [3.8, 4) is 5.75 Å². The molecule has 0 atom stereocenters. The quantitative estimate of drug-likeness (QED) is 0.839. The maximum atomic E-state index is 11.8. The van der Waals surface area contributed by atoms with Crippen molar-refractivity contribution in [1.29, 1.82) is 0 Å². The topological polar surface area (TPSA) is 98.5 Å². The van der Waals surface area contributed by atoms with E-state index in [0.717, 1.165) is 0 Å². The highest BCUT2D eigenvalue weighted by Gasteiger charge is 2.10. The molecule has 2 aromatic rings. The molecule has 6 nitrogen and oxygen atoms in total. The van der Waals surface area contributed by atoms with Crippen molar-refractivity contribution in [3.05, 3.63) is 52.5 Å². The summed E-state index contributed by atoms with van der Waals surface area (Å²) in [5, 5.41) is 8.30. The highest BCUT2D eigenvalue weighted by Crippen LogP contribution is 2.24. The molecule has 3 N–H and O–H groups in total. The van der Waals surface area contributed by atoms with E-state index in [1.807, 2.05) is 0 Å². The summed E-state index contributed by atoms with van der Waals surface area (Å²) in [6.07, 6.45) is 0. The Balaban J connectivity index is 2.00. The number of halogens is 2. The number of primary sulfonamides is 1. The molecule has 2 rings (SSSR count). The monoisotopic (exact) mass is 374 g/mol. The van der Waals surface area contributed by atoms with Crippen molar-refractivity contribution >= 4 is 44.8 Å². The van der Waals surface area contributed by atoms with Crippen LogP contribution in [0.4, 0.5) is 5.69 Å². The number of benzene rings is 2. The molecule has 122 valence electrons. The Labute approximate surface area is 143 Å². The molecule has 1 amide bonds. The summed E-state index contributed by atoms with van der Waals surface area (Å²) in [6, 6.07) is 10.1. The van der Waals surface area contributed by atoms with Crippen LogP contribution in [0.15, 0.2) is 47.4 Å². The first kappa shape index (κ1) is 17.6.